The van der Waals surface area contributed by atoms with E-state index in [1.807, 2.05) is 0 Å². The average molecular weight is 316 g/mol. The highest BCUT2D eigenvalue weighted by molar-refractivity contribution is 5.96. The number of ketones is 1. The maximum absolute atomic E-state index is 12.0. The van der Waals surface area contributed by atoms with Crippen molar-refractivity contribution in [3.8, 4) is 0 Å². The summed E-state index contributed by atoms with van der Waals surface area (Å²) in [5.74, 6) is -0.845. The molecular weight excluding hydrogens is 300 g/mol. The smallest absolute Gasteiger partial charge is 0.311 e. The lowest BCUT2D eigenvalue weighted by Crippen LogP contribution is -2.27. The summed E-state index contributed by atoms with van der Waals surface area (Å²) < 4.78 is 10.2. The summed E-state index contributed by atoms with van der Waals surface area (Å²) >= 11 is 0. The number of carbonyl (C=O) groups is 3. The fourth-order valence-corrected chi connectivity index (χ4v) is 2.51. The Balaban J connectivity index is 1.50. The molecule has 0 saturated carbocycles. The lowest BCUT2D eigenvalue weighted by atomic mass is 10.1. The summed E-state index contributed by atoms with van der Waals surface area (Å²) in [6.45, 7) is 0.272. The highest BCUT2D eigenvalue weighted by atomic mass is 16.5. The maximum atomic E-state index is 12.0. The van der Waals surface area contributed by atoms with Crippen LogP contribution in [0.3, 0.4) is 0 Å². The summed E-state index contributed by atoms with van der Waals surface area (Å²) in [6.07, 6.45) is 3.25. The van der Waals surface area contributed by atoms with Crippen LogP contribution in [0.25, 0.3) is 0 Å². The number of H-pyrrole nitrogens is 1. The minimum absolute atomic E-state index is 0.0935. The lowest BCUT2D eigenvalue weighted by molar-refractivity contribution is -0.147. The van der Waals surface area contributed by atoms with Crippen LogP contribution in [0.15, 0.2) is 41.1 Å². The molecule has 1 fully saturated rings. The van der Waals surface area contributed by atoms with Crippen LogP contribution in [0.5, 0.6) is 0 Å². The zero-order chi connectivity index (χ0) is 16.2. The molecule has 0 unspecified atom stereocenters. The molecule has 2 aromatic heterocycles. The molecule has 1 N–H and O–H groups in total. The second-order valence-corrected chi connectivity index (χ2v) is 5.37. The first-order chi connectivity index (χ1) is 11.1. The molecule has 0 aromatic carbocycles. The van der Waals surface area contributed by atoms with Gasteiger partial charge in [-0.1, -0.05) is 0 Å². The Labute approximate surface area is 132 Å². The Morgan fingerprint density at radius 1 is 1.35 bits per heavy atom. The third kappa shape index (κ3) is 3.50. The fourth-order valence-electron chi connectivity index (χ4n) is 2.51. The molecule has 1 atom stereocenters. The molecular formula is C16H16N2O5. The van der Waals surface area contributed by atoms with E-state index < -0.39 is 11.9 Å². The van der Waals surface area contributed by atoms with Crippen LogP contribution in [0.4, 0.5) is 0 Å². The number of hydrogen-bond acceptors (Lipinski definition) is 5. The lowest BCUT2D eigenvalue weighted by Gasteiger charge is -2.14. The van der Waals surface area contributed by atoms with Crippen molar-refractivity contribution in [1.82, 2.24) is 9.88 Å². The van der Waals surface area contributed by atoms with Crippen LogP contribution in [-0.2, 0) is 20.9 Å². The number of nitrogens with one attached hydrogen (secondary N) is 1. The van der Waals surface area contributed by atoms with Gasteiger partial charge >= 0.3 is 5.97 Å². The zero-order valence-corrected chi connectivity index (χ0v) is 12.4. The van der Waals surface area contributed by atoms with Gasteiger partial charge in [-0.2, -0.15) is 0 Å². The second kappa shape index (κ2) is 6.51. The molecule has 7 nitrogen and oxygen atoms in total. The normalized spacial score (nSPS) is 17.5. The van der Waals surface area contributed by atoms with Crippen molar-refractivity contribution in [1.29, 1.82) is 0 Å². The fraction of sp³-hybridized carbons (Fsp3) is 0.312. The Morgan fingerprint density at radius 3 is 2.91 bits per heavy atom. The van der Waals surface area contributed by atoms with Gasteiger partial charge in [0, 0.05) is 19.2 Å². The molecule has 2 aromatic rings. The number of aromatic nitrogens is 1. The number of likely N-dealkylation sites (tertiary alicyclic amines) is 1. The minimum atomic E-state index is -0.547. The molecule has 1 saturated heterocycles. The number of furan rings is 1. The topological polar surface area (TPSA) is 92.6 Å². The molecule has 0 spiro atoms. The Kier molecular flexibility index (Phi) is 4.27. The number of nitrogens with zero attached hydrogens (tertiary/aromatic N) is 1. The van der Waals surface area contributed by atoms with Gasteiger partial charge in [-0.3, -0.25) is 14.4 Å². The molecule has 0 bridgehead atoms. The van der Waals surface area contributed by atoms with Gasteiger partial charge in [0.15, 0.2) is 6.61 Å². The van der Waals surface area contributed by atoms with E-state index in [2.05, 4.69) is 4.98 Å². The largest absolute Gasteiger partial charge is 0.467 e. The first kappa shape index (κ1) is 15.1. The number of rotatable bonds is 6. The van der Waals surface area contributed by atoms with E-state index in [1.165, 1.54) is 6.26 Å². The van der Waals surface area contributed by atoms with Gasteiger partial charge in [-0.15, -0.1) is 0 Å². The predicted molar refractivity (Wildman–Crippen MR) is 78.3 cm³/mol. The predicted octanol–water partition coefficient (Wildman–Crippen LogP) is 1.38. The molecule has 3 heterocycles. The molecule has 120 valence electrons. The van der Waals surface area contributed by atoms with E-state index in [0.717, 1.165) is 0 Å². The zero-order valence-electron chi connectivity index (χ0n) is 12.4. The molecule has 1 aliphatic heterocycles. The number of carbonyl (C=O) groups excluding carboxylic acids is 3. The number of ether oxygens (including phenoxy) is 1. The molecule has 1 amide bonds. The highest BCUT2D eigenvalue weighted by Crippen LogP contribution is 2.21. The van der Waals surface area contributed by atoms with Crippen molar-refractivity contribution < 1.29 is 23.5 Å². The number of esters is 1. The summed E-state index contributed by atoms with van der Waals surface area (Å²) in [5.41, 5.74) is 0.389. The van der Waals surface area contributed by atoms with Crippen LogP contribution in [0.2, 0.25) is 0 Å². The highest BCUT2D eigenvalue weighted by Gasteiger charge is 2.35. The van der Waals surface area contributed by atoms with Gasteiger partial charge in [0.1, 0.15) is 5.76 Å². The Hall–Kier alpha value is -2.83. The third-order valence-corrected chi connectivity index (χ3v) is 3.72. The maximum Gasteiger partial charge on any atom is 0.311 e. The van der Waals surface area contributed by atoms with Crippen molar-refractivity contribution in [3.05, 3.63) is 48.2 Å². The second-order valence-electron chi connectivity index (χ2n) is 5.37. The number of hydrogen-bond donors (Lipinski definition) is 1. The van der Waals surface area contributed by atoms with Crippen LogP contribution >= 0.6 is 0 Å². The van der Waals surface area contributed by atoms with Crippen LogP contribution in [-0.4, -0.2) is 40.7 Å². The monoisotopic (exact) mass is 316 g/mol. The van der Waals surface area contributed by atoms with Crippen molar-refractivity contribution in [2.75, 3.05) is 13.2 Å². The van der Waals surface area contributed by atoms with Gasteiger partial charge in [0.05, 0.1) is 24.4 Å². The van der Waals surface area contributed by atoms with E-state index in [0.29, 0.717) is 18.0 Å². The third-order valence-electron chi connectivity index (χ3n) is 3.72. The van der Waals surface area contributed by atoms with Crippen molar-refractivity contribution in [3.63, 3.8) is 0 Å². The van der Waals surface area contributed by atoms with Crippen molar-refractivity contribution in [2.45, 2.75) is 13.0 Å². The molecule has 23 heavy (non-hydrogen) atoms. The standard InChI is InChI=1S/C16H16N2O5/c19-14(13-4-1-5-17-13)10-23-16(21)11-7-15(20)18(8-11)9-12-3-2-6-22-12/h1-6,11,17H,7-10H2/t11-/m0/s1. The molecule has 3 rings (SSSR count). The summed E-state index contributed by atoms with van der Waals surface area (Å²) in [4.78, 5) is 40.0. The van der Waals surface area contributed by atoms with Gasteiger partial charge in [-0.05, 0) is 24.3 Å². The molecule has 7 heteroatoms. The van der Waals surface area contributed by atoms with Crippen LogP contribution < -0.4 is 0 Å². The molecule has 0 radical (unpaired) electrons. The van der Waals surface area contributed by atoms with Gasteiger partial charge < -0.3 is 19.0 Å². The first-order valence-corrected chi connectivity index (χ1v) is 7.27. The number of Topliss-reactive ketones (excluding diaryl/α,β-unsaturated/α-hetero) is 1. The average Bonchev–Trinajstić information content (AvgIpc) is 3.27. The quantitative estimate of drug-likeness (QED) is 0.642. The summed E-state index contributed by atoms with van der Waals surface area (Å²) in [5, 5.41) is 0. The summed E-state index contributed by atoms with van der Waals surface area (Å²) in [7, 11) is 0. The van der Waals surface area contributed by atoms with Crippen LogP contribution in [0.1, 0.15) is 22.7 Å². The molecule has 0 aliphatic carbocycles. The van der Waals surface area contributed by atoms with E-state index in [9.17, 15) is 14.4 Å². The van der Waals surface area contributed by atoms with Crippen LogP contribution in [0, 0.1) is 5.92 Å². The first-order valence-electron chi connectivity index (χ1n) is 7.27. The number of amides is 1. The van der Waals surface area contributed by atoms with E-state index >= 15 is 0 Å². The van der Waals surface area contributed by atoms with Gasteiger partial charge in [0.25, 0.3) is 0 Å². The number of aromatic amines is 1. The van der Waals surface area contributed by atoms with E-state index in [4.69, 9.17) is 9.15 Å². The molecule has 1 aliphatic rings. The minimum Gasteiger partial charge on any atom is -0.467 e. The van der Waals surface area contributed by atoms with Crippen molar-refractivity contribution >= 4 is 17.7 Å². The van der Waals surface area contributed by atoms with E-state index in [1.54, 1.807) is 35.4 Å². The summed E-state index contributed by atoms with van der Waals surface area (Å²) in [6, 6.07) is 6.82. The van der Waals surface area contributed by atoms with Crippen molar-refractivity contribution in [2.24, 2.45) is 5.92 Å². The Bertz CT molecular complexity index is 690. The van der Waals surface area contributed by atoms with E-state index in [-0.39, 0.29) is 31.3 Å². The van der Waals surface area contributed by atoms with Gasteiger partial charge in [0.2, 0.25) is 11.7 Å². The Morgan fingerprint density at radius 2 is 2.22 bits per heavy atom. The SMILES string of the molecule is O=C(COC(=O)[C@H]1CC(=O)N(Cc2ccco2)C1)c1ccc[nH]1. The van der Waals surface area contributed by atoms with Gasteiger partial charge in [-0.25, -0.2) is 0 Å².